The standard InChI is InChI=1S/C15H16N2O3/c1-10-8-14(6-7-15(10)17(18)19)20-13-5-3-4-12(9-13)11(2)16/h3-9,11H,16H2,1-2H3. The first-order valence-corrected chi connectivity index (χ1v) is 6.26. The van der Waals surface area contributed by atoms with Gasteiger partial charge >= 0.3 is 0 Å². The smallest absolute Gasteiger partial charge is 0.272 e. The van der Waals surface area contributed by atoms with E-state index in [-0.39, 0.29) is 11.7 Å². The van der Waals surface area contributed by atoms with E-state index in [0.29, 0.717) is 17.1 Å². The predicted octanol–water partition coefficient (Wildman–Crippen LogP) is 3.72. The zero-order valence-electron chi connectivity index (χ0n) is 11.4. The van der Waals surface area contributed by atoms with Gasteiger partial charge in [0.25, 0.3) is 5.69 Å². The first-order chi connectivity index (χ1) is 9.47. The van der Waals surface area contributed by atoms with Gasteiger partial charge in [-0.3, -0.25) is 10.1 Å². The Morgan fingerprint density at radius 2 is 1.90 bits per heavy atom. The number of hydrogen-bond acceptors (Lipinski definition) is 4. The van der Waals surface area contributed by atoms with Crippen molar-refractivity contribution in [2.75, 3.05) is 0 Å². The number of nitrogens with two attached hydrogens (primary N) is 1. The van der Waals surface area contributed by atoms with Crippen LogP contribution in [0.2, 0.25) is 0 Å². The number of rotatable bonds is 4. The van der Waals surface area contributed by atoms with E-state index in [1.54, 1.807) is 19.1 Å². The van der Waals surface area contributed by atoms with Gasteiger partial charge < -0.3 is 10.5 Å². The lowest BCUT2D eigenvalue weighted by Gasteiger charge is -2.10. The highest BCUT2D eigenvalue weighted by Gasteiger charge is 2.11. The van der Waals surface area contributed by atoms with Crippen LogP contribution in [0.1, 0.15) is 24.1 Å². The molecule has 2 aromatic carbocycles. The van der Waals surface area contributed by atoms with Crippen LogP contribution >= 0.6 is 0 Å². The van der Waals surface area contributed by atoms with Crippen LogP contribution in [0, 0.1) is 17.0 Å². The number of aryl methyl sites for hydroxylation is 1. The average Bonchev–Trinajstić information content (AvgIpc) is 2.38. The largest absolute Gasteiger partial charge is 0.457 e. The summed E-state index contributed by atoms with van der Waals surface area (Å²) in [5.41, 5.74) is 7.45. The lowest BCUT2D eigenvalue weighted by molar-refractivity contribution is -0.385. The lowest BCUT2D eigenvalue weighted by atomic mass is 10.1. The highest BCUT2D eigenvalue weighted by Crippen LogP contribution is 2.28. The van der Waals surface area contributed by atoms with E-state index in [9.17, 15) is 10.1 Å². The molecule has 0 fully saturated rings. The minimum absolute atomic E-state index is 0.0721. The fraction of sp³-hybridized carbons (Fsp3) is 0.200. The zero-order valence-corrected chi connectivity index (χ0v) is 11.4. The average molecular weight is 272 g/mol. The van der Waals surface area contributed by atoms with Gasteiger partial charge in [0, 0.05) is 17.7 Å². The molecular formula is C15H16N2O3. The van der Waals surface area contributed by atoms with Gasteiger partial charge in [0.05, 0.1) is 4.92 Å². The molecule has 1 unspecified atom stereocenters. The van der Waals surface area contributed by atoms with E-state index in [1.807, 2.05) is 31.2 Å². The first kappa shape index (κ1) is 14.0. The minimum atomic E-state index is -0.407. The van der Waals surface area contributed by atoms with Gasteiger partial charge in [0.1, 0.15) is 11.5 Å². The second-order valence-electron chi connectivity index (χ2n) is 4.67. The van der Waals surface area contributed by atoms with Crippen molar-refractivity contribution < 1.29 is 9.66 Å². The molecule has 0 heterocycles. The SMILES string of the molecule is Cc1cc(Oc2cccc(C(C)N)c2)ccc1[N+](=O)[O-]. The Hall–Kier alpha value is -2.40. The van der Waals surface area contributed by atoms with Crippen molar-refractivity contribution in [1.29, 1.82) is 0 Å². The summed E-state index contributed by atoms with van der Waals surface area (Å²) >= 11 is 0. The Bertz CT molecular complexity index is 639. The molecule has 0 bridgehead atoms. The molecule has 5 nitrogen and oxygen atoms in total. The molecule has 2 rings (SSSR count). The van der Waals surface area contributed by atoms with E-state index in [1.165, 1.54) is 6.07 Å². The molecule has 0 aliphatic rings. The monoisotopic (exact) mass is 272 g/mol. The number of ether oxygens (including phenoxy) is 1. The molecule has 104 valence electrons. The van der Waals surface area contributed by atoms with E-state index >= 15 is 0 Å². The maximum absolute atomic E-state index is 10.8. The van der Waals surface area contributed by atoms with Gasteiger partial charge in [-0.1, -0.05) is 12.1 Å². The van der Waals surface area contributed by atoms with Crippen molar-refractivity contribution in [3.05, 3.63) is 63.7 Å². The number of nitro groups is 1. The Morgan fingerprint density at radius 1 is 1.20 bits per heavy atom. The number of hydrogen-bond donors (Lipinski definition) is 1. The Balaban J connectivity index is 2.24. The van der Waals surface area contributed by atoms with Crippen LogP contribution in [-0.2, 0) is 0 Å². The molecule has 0 saturated carbocycles. The Labute approximate surface area is 117 Å². The van der Waals surface area contributed by atoms with Crippen molar-refractivity contribution in [3.8, 4) is 11.5 Å². The van der Waals surface area contributed by atoms with E-state index < -0.39 is 4.92 Å². The predicted molar refractivity (Wildman–Crippen MR) is 77.0 cm³/mol. The lowest BCUT2D eigenvalue weighted by Crippen LogP contribution is -2.04. The summed E-state index contributed by atoms with van der Waals surface area (Å²) in [7, 11) is 0. The fourth-order valence-electron chi connectivity index (χ4n) is 1.89. The zero-order chi connectivity index (χ0) is 14.7. The fourth-order valence-corrected chi connectivity index (χ4v) is 1.89. The molecule has 2 aromatic rings. The normalized spacial score (nSPS) is 11.9. The summed E-state index contributed by atoms with van der Waals surface area (Å²) in [5.74, 6) is 1.22. The van der Waals surface area contributed by atoms with Crippen LogP contribution in [0.4, 0.5) is 5.69 Å². The summed E-state index contributed by atoms with van der Waals surface area (Å²) in [6, 6.07) is 12.1. The van der Waals surface area contributed by atoms with Gasteiger partial charge in [-0.2, -0.15) is 0 Å². The molecule has 0 spiro atoms. The maximum Gasteiger partial charge on any atom is 0.272 e. The molecule has 0 aromatic heterocycles. The van der Waals surface area contributed by atoms with Gasteiger partial charge in [-0.25, -0.2) is 0 Å². The Morgan fingerprint density at radius 3 is 2.50 bits per heavy atom. The number of benzene rings is 2. The molecule has 20 heavy (non-hydrogen) atoms. The van der Waals surface area contributed by atoms with Crippen molar-refractivity contribution in [3.63, 3.8) is 0 Å². The van der Waals surface area contributed by atoms with Crippen LogP contribution < -0.4 is 10.5 Å². The van der Waals surface area contributed by atoms with Gasteiger partial charge in [0.15, 0.2) is 0 Å². The molecule has 0 aliphatic carbocycles. The quantitative estimate of drug-likeness (QED) is 0.679. The molecule has 2 N–H and O–H groups in total. The number of nitro benzene ring substituents is 1. The van der Waals surface area contributed by atoms with Crippen LogP contribution in [0.15, 0.2) is 42.5 Å². The van der Waals surface area contributed by atoms with E-state index in [4.69, 9.17) is 10.5 Å². The number of nitrogens with zero attached hydrogens (tertiary/aromatic N) is 1. The maximum atomic E-state index is 10.8. The summed E-state index contributed by atoms with van der Waals surface area (Å²) < 4.78 is 5.71. The highest BCUT2D eigenvalue weighted by molar-refractivity contribution is 5.45. The Kier molecular flexibility index (Phi) is 4.00. The molecular weight excluding hydrogens is 256 g/mol. The van der Waals surface area contributed by atoms with E-state index in [0.717, 1.165) is 5.56 Å². The third-order valence-electron chi connectivity index (χ3n) is 2.98. The van der Waals surface area contributed by atoms with Crippen LogP contribution in [0.5, 0.6) is 11.5 Å². The third kappa shape index (κ3) is 3.13. The highest BCUT2D eigenvalue weighted by atomic mass is 16.6. The molecule has 0 aliphatic heterocycles. The van der Waals surface area contributed by atoms with Crippen LogP contribution in [-0.4, -0.2) is 4.92 Å². The minimum Gasteiger partial charge on any atom is -0.457 e. The van der Waals surface area contributed by atoms with Crippen LogP contribution in [0.25, 0.3) is 0 Å². The van der Waals surface area contributed by atoms with Crippen molar-refractivity contribution >= 4 is 5.69 Å². The molecule has 0 radical (unpaired) electrons. The summed E-state index contributed by atoms with van der Waals surface area (Å²) in [6.07, 6.45) is 0. The van der Waals surface area contributed by atoms with Crippen molar-refractivity contribution in [2.24, 2.45) is 5.73 Å². The summed E-state index contributed by atoms with van der Waals surface area (Å²) in [4.78, 5) is 10.4. The molecule has 0 amide bonds. The van der Waals surface area contributed by atoms with Crippen molar-refractivity contribution in [2.45, 2.75) is 19.9 Å². The second-order valence-corrected chi connectivity index (χ2v) is 4.67. The van der Waals surface area contributed by atoms with Gasteiger partial charge in [0.2, 0.25) is 0 Å². The third-order valence-corrected chi connectivity index (χ3v) is 2.98. The molecule has 1 atom stereocenters. The van der Waals surface area contributed by atoms with Crippen molar-refractivity contribution in [1.82, 2.24) is 0 Å². The topological polar surface area (TPSA) is 78.4 Å². The van der Waals surface area contributed by atoms with E-state index in [2.05, 4.69) is 0 Å². The molecule has 0 saturated heterocycles. The summed E-state index contributed by atoms with van der Waals surface area (Å²) in [5, 5.41) is 10.8. The second kappa shape index (κ2) is 5.71. The molecule has 5 heteroatoms. The van der Waals surface area contributed by atoms with Gasteiger partial charge in [-0.05, 0) is 43.7 Å². The summed E-state index contributed by atoms with van der Waals surface area (Å²) in [6.45, 7) is 3.58. The first-order valence-electron chi connectivity index (χ1n) is 6.26. The van der Waals surface area contributed by atoms with Gasteiger partial charge in [-0.15, -0.1) is 0 Å². The van der Waals surface area contributed by atoms with Crippen LogP contribution in [0.3, 0.4) is 0 Å².